The fourth-order valence-electron chi connectivity index (χ4n) is 4.41. The molecule has 4 rings (SSSR count). The second-order valence-electron chi connectivity index (χ2n) is 7.37. The topological polar surface area (TPSA) is 38.1 Å². The molecule has 0 saturated carbocycles. The van der Waals surface area contributed by atoms with Gasteiger partial charge in [0, 0.05) is 35.8 Å². The number of fused-ring (bicyclic) bond motifs is 1. The number of carbonyl (C=O) groups is 1. The van der Waals surface area contributed by atoms with Gasteiger partial charge in [-0.05, 0) is 69.2 Å². The van der Waals surface area contributed by atoms with Gasteiger partial charge in [0.1, 0.15) is 0 Å². The van der Waals surface area contributed by atoms with Crippen molar-refractivity contribution in [3.05, 3.63) is 39.3 Å². The molecule has 134 valence electrons. The van der Waals surface area contributed by atoms with Crippen LogP contribution in [0.5, 0.6) is 0 Å². The highest BCUT2D eigenvalue weighted by Crippen LogP contribution is 2.28. The highest BCUT2D eigenvalue weighted by molar-refractivity contribution is 7.09. The second-order valence-corrected chi connectivity index (χ2v) is 8.40. The number of amides is 1. The van der Waals surface area contributed by atoms with Gasteiger partial charge in [-0.1, -0.05) is 6.07 Å². The third kappa shape index (κ3) is 3.39. The molecule has 2 aliphatic rings. The highest BCUT2D eigenvalue weighted by atomic mass is 32.1. The molecule has 0 spiro atoms. The Bertz CT molecular complexity index is 734. The van der Waals surface area contributed by atoms with E-state index in [0.29, 0.717) is 6.04 Å². The molecule has 0 aromatic carbocycles. The molecule has 0 unspecified atom stereocenters. The van der Waals surface area contributed by atoms with Crippen LogP contribution in [0.15, 0.2) is 17.5 Å². The maximum Gasteiger partial charge on any atom is 0.274 e. The molecule has 2 aromatic rings. The molecule has 3 heterocycles. The highest BCUT2D eigenvalue weighted by Gasteiger charge is 2.32. The van der Waals surface area contributed by atoms with Crippen LogP contribution in [0.2, 0.25) is 0 Å². The van der Waals surface area contributed by atoms with Crippen LogP contribution in [0.3, 0.4) is 0 Å². The number of nitrogens with zero attached hydrogens (tertiary/aromatic N) is 3. The van der Waals surface area contributed by atoms with Crippen molar-refractivity contribution in [2.24, 2.45) is 7.05 Å². The Morgan fingerprint density at radius 3 is 3.00 bits per heavy atom. The van der Waals surface area contributed by atoms with Gasteiger partial charge in [-0.15, -0.1) is 11.3 Å². The molecule has 1 saturated heterocycles. The first kappa shape index (κ1) is 16.8. The predicted molar refractivity (Wildman–Crippen MR) is 101 cm³/mol. The summed E-state index contributed by atoms with van der Waals surface area (Å²) in [7, 11) is 1.99. The quantitative estimate of drug-likeness (QED) is 0.830. The Balaban J connectivity index is 1.53. The van der Waals surface area contributed by atoms with Crippen LogP contribution in [0.1, 0.15) is 65.1 Å². The number of piperidine rings is 1. The number of hydrogen-bond acceptors (Lipinski definition) is 3. The van der Waals surface area contributed by atoms with E-state index in [4.69, 9.17) is 0 Å². The van der Waals surface area contributed by atoms with Crippen molar-refractivity contribution >= 4 is 17.2 Å². The Labute approximate surface area is 153 Å². The minimum atomic E-state index is 0.176. The standard InChI is InChI=1S/C20H27N3OS/c1-22-18-10-3-2-9-17(18)19(21-22)20(24)23-13-5-4-7-15(23)11-12-16-8-6-14-25-16/h6,8,14-15H,2-5,7,9-13H2,1H3/t15-/m1/s1. The number of likely N-dealkylation sites (tertiary alicyclic amines) is 1. The molecular formula is C20H27N3OS. The average Bonchev–Trinajstić information content (AvgIpc) is 3.28. The SMILES string of the molecule is Cn1nc(C(=O)N2CCCC[C@@H]2CCc2cccs2)c2c1CCCC2. The van der Waals surface area contributed by atoms with Gasteiger partial charge in [0.2, 0.25) is 0 Å². The summed E-state index contributed by atoms with van der Waals surface area (Å²) in [5, 5.41) is 6.78. The second kappa shape index (κ2) is 7.32. The predicted octanol–water partition coefficient (Wildman–Crippen LogP) is 3.99. The molecule has 0 bridgehead atoms. The summed E-state index contributed by atoms with van der Waals surface area (Å²) in [4.78, 5) is 16.9. The van der Waals surface area contributed by atoms with E-state index in [1.54, 1.807) is 0 Å². The van der Waals surface area contributed by atoms with Gasteiger partial charge >= 0.3 is 0 Å². The van der Waals surface area contributed by atoms with Crippen molar-refractivity contribution in [3.8, 4) is 0 Å². The Hall–Kier alpha value is -1.62. The molecule has 4 nitrogen and oxygen atoms in total. The van der Waals surface area contributed by atoms with E-state index in [9.17, 15) is 4.79 Å². The van der Waals surface area contributed by atoms with Crippen molar-refractivity contribution in [2.75, 3.05) is 6.54 Å². The lowest BCUT2D eigenvalue weighted by Gasteiger charge is -2.35. The maximum atomic E-state index is 13.3. The molecule has 0 N–H and O–H groups in total. The van der Waals surface area contributed by atoms with Crippen molar-refractivity contribution in [2.45, 2.75) is 63.8 Å². The van der Waals surface area contributed by atoms with E-state index in [2.05, 4.69) is 27.5 Å². The van der Waals surface area contributed by atoms with Crippen LogP contribution in [0.25, 0.3) is 0 Å². The van der Waals surface area contributed by atoms with Gasteiger partial charge in [0.25, 0.3) is 5.91 Å². The van der Waals surface area contributed by atoms with Crippen LogP contribution in [-0.4, -0.2) is 33.2 Å². The molecule has 25 heavy (non-hydrogen) atoms. The molecule has 5 heteroatoms. The Morgan fingerprint density at radius 2 is 2.16 bits per heavy atom. The minimum Gasteiger partial charge on any atom is -0.334 e. The molecule has 1 fully saturated rings. The van der Waals surface area contributed by atoms with E-state index in [1.807, 2.05) is 23.1 Å². The number of thiophene rings is 1. The first-order valence-electron chi connectivity index (χ1n) is 9.62. The first-order chi connectivity index (χ1) is 12.2. The summed E-state index contributed by atoms with van der Waals surface area (Å²) in [6.07, 6.45) is 10.1. The van der Waals surface area contributed by atoms with E-state index in [1.165, 1.54) is 35.4 Å². The van der Waals surface area contributed by atoms with Gasteiger partial charge in [0.05, 0.1) is 0 Å². The lowest BCUT2D eigenvalue weighted by molar-refractivity contribution is 0.0594. The molecule has 1 aliphatic heterocycles. The maximum absolute atomic E-state index is 13.3. The summed E-state index contributed by atoms with van der Waals surface area (Å²) >= 11 is 1.82. The summed E-state index contributed by atoms with van der Waals surface area (Å²) < 4.78 is 1.95. The van der Waals surface area contributed by atoms with Crippen LogP contribution < -0.4 is 0 Å². The zero-order valence-electron chi connectivity index (χ0n) is 15.0. The molecular weight excluding hydrogens is 330 g/mol. The van der Waals surface area contributed by atoms with Crippen molar-refractivity contribution in [3.63, 3.8) is 0 Å². The number of aryl methyl sites for hydroxylation is 2. The van der Waals surface area contributed by atoms with E-state index in [0.717, 1.165) is 50.8 Å². The van der Waals surface area contributed by atoms with Gasteiger partial charge in [-0.2, -0.15) is 5.10 Å². The normalized spacial score (nSPS) is 20.5. The monoisotopic (exact) mass is 357 g/mol. The average molecular weight is 358 g/mol. The van der Waals surface area contributed by atoms with E-state index < -0.39 is 0 Å². The van der Waals surface area contributed by atoms with E-state index >= 15 is 0 Å². The van der Waals surface area contributed by atoms with Crippen molar-refractivity contribution < 1.29 is 4.79 Å². The minimum absolute atomic E-state index is 0.176. The molecule has 0 radical (unpaired) electrons. The smallest absolute Gasteiger partial charge is 0.274 e. The third-order valence-electron chi connectivity index (χ3n) is 5.76. The van der Waals surface area contributed by atoms with Crippen LogP contribution in [0, 0.1) is 0 Å². The van der Waals surface area contributed by atoms with Gasteiger partial charge < -0.3 is 4.90 Å². The van der Waals surface area contributed by atoms with Gasteiger partial charge in [-0.3, -0.25) is 9.48 Å². The zero-order chi connectivity index (χ0) is 17.2. The van der Waals surface area contributed by atoms with E-state index in [-0.39, 0.29) is 5.91 Å². The van der Waals surface area contributed by atoms with Crippen LogP contribution >= 0.6 is 11.3 Å². The number of rotatable bonds is 4. The molecule has 1 atom stereocenters. The number of carbonyl (C=O) groups excluding carboxylic acids is 1. The lowest BCUT2D eigenvalue weighted by atomic mass is 9.93. The summed E-state index contributed by atoms with van der Waals surface area (Å²) in [5.41, 5.74) is 3.24. The largest absolute Gasteiger partial charge is 0.334 e. The fourth-order valence-corrected chi connectivity index (χ4v) is 5.14. The zero-order valence-corrected chi connectivity index (χ0v) is 15.9. The molecule has 1 amide bonds. The van der Waals surface area contributed by atoms with Crippen molar-refractivity contribution in [1.82, 2.24) is 14.7 Å². The Kier molecular flexibility index (Phi) is 4.93. The number of aromatic nitrogens is 2. The van der Waals surface area contributed by atoms with Crippen LogP contribution in [-0.2, 0) is 26.3 Å². The first-order valence-corrected chi connectivity index (χ1v) is 10.5. The van der Waals surface area contributed by atoms with Gasteiger partial charge in [0.15, 0.2) is 5.69 Å². The number of hydrogen-bond donors (Lipinski definition) is 0. The lowest BCUT2D eigenvalue weighted by Crippen LogP contribution is -2.44. The third-order valence-corrected chi connectivity index (χ3v) is 6.70. The van der Waals surface area contributed by atoms with Gasteiger partial charge in [-0.25, -0.2) is 0 Å². The Morgan fingerprint density at radius 1 is 1.28 bits per heavy atom. The summed E-state index contributed by atoms with van der Waals surface area (Å²) in [5.74, 6) is 0.176. The fraction of sp³-hybridized carbons (Fsp3) is 0.600. The molecule has 2 aromatic heterocycles. The van der Waals surface area contributed by atoms with Crippen LogP contribution in [0.4, 0.5) is 0 Å². The van der Waals surface area contributed by atoms with Crippen molar-refractivity contribution in [1.29, 1.82) is 0 Å². The summed E-state index contributed by atoms with van der Waals surface area (Å²) in [6, 6.07) is 4.68. The molecule has 1 aliphatic carbocycles. The summed E-state index contributed by atoms with van der Waals surface area (Å²) in [6.45, 7) is 0.888.